The van der Waals surface area contributed by atoms with Crippen LogP contribution in [0.4, 0.5) is 14.5 Å². The van der Waals surface area contributed by atoms with Crippen molar-refractivity contribution in [1.29, 1.82) is 5.26 Å². The first-order valence-corrected chi connectivity index (χ1v) is 11.7. The first-order chi connectivity index (χ1) is 17.3. The summed E-state index contributed by atoms with van der Waals surface area (Å²) in [7, 11) is 0. The highest BCUT2D eigenvalue weighted by Gasteiger charge is 2.34. The van der Waals surface area contributed by atoms with Crippen molar-refractivity contribution >= 4 is 5.69 Å². The number of benzene rings is 2. The predicted octanol–water partition coefficient (Wildman–Crippen LogP) is 3.37. The summed E-state index contributed by atoms with van der Waals surface area (Å²) < 4.78 is 32.5. The topological polar surface area (TPSA) is 92.9 Å². The lowest BCUT2D eigenvalue weighted by atomic mass is 9.96. The normalized spacial score (nSPS) is 17.9. The van der Waals surface area contributed by atoms with E-state index in [0.29, 0.717) is 36.6 Å². The molecule has 4 rings (SSSR count). The maximum atomic E-state index is 13.7. The molecule has 1 aliphatic rings. The number of halogens is 2. The van der Waals surface area contributed by atoms with Gasteiger partial charge in [0.2, 0.25) is 0 Å². The van der Waals surface area contributed by atoms with Gasteiger partial charge in [-0.15, -0.1) is 0 Å². The number of anilines is 1. The summed E-state index contributed by atoms with van der Waals surface area (Å²) in [5.41, 5.74) is 1.07. The van der Waals surface area contributed by atoms with Crippen LogP contribution < -0.4 is 9.64 Å². The number of piperazine rings is 1. The summed E-state index contributed by atoms with van der Waals surface area (Å²) in [6, 6.07) is 16.2. The van der Waals surface area contributed by atoms with E-state index < -0.39 is 11.4 Å². The quantitative estimate of drug-likeness (QED) is 0.496. The standard InChI is InChI=1S/C27H28F2N4O3/c1-27(35,26-9-6-22(29)16-31-26)18-32-10-11-33(25(17-32)19-2-4-21(28)5-3-19)24-8-7-23(36-13-12-34)14-20(24)15-30/h2-9,14,16,25,34-35H,10-13,17-18H2,1H3/t25-,27+/m0/s1. The number of aromatic nitrogens is 1. The van der Waals surface area contributed by atoms with Crippen LogP contribution in [0.2, 0.25) is 0 Å². The minimum atomic E-state index is -1.31. The number of nitrogens with zero attached hydrogens (tertiary/aromatic N) is 4. The number of aliphatic hydroxyl groups is 2. The number of pyridine rings is 1. The van der Waals surface area contributed by atoms with Gasteiger partial charge < -0.3 is 19.8 Å². The highest BCUT2D eigenvalue weighted by Crippen LogP contribution is 2.35. The average molecular weight is 495 g/mol. The van der Waals surface area contributed by atoms with Gasteiger partial charge in [0.05, 0.1) is 35.8 Å². The molecule has 1 aliphatic heterocycles. The molecule has 0 aliphatic carbocycles. The van der Waals surface area contributed by atoms with Gasteiger partial charge in [0.25, 0.3) is 0 Å². The largest absolute Gasteiger partial charge is 0.491 e. The molecule has 7 nitrogen and oxygen atoms in total. The number of hydrogen-bond acceptors (Lipinski definition) is 7. The van der Waals surface area contributed by atoms with Crippen LogP contribution in [0.1, 0.15) is 29.8 Å². The van der Waals surface area contributed by atoms with Gasteiger partial charge in [0, 0.05) is 26.2 Å². The summed E-state index contributed by atoms with van der Waals surface area (Å²) in [6.45, 7) is 3.53. The predicted molar refractivity (Wildman–Crippen MR) is 130 cm³/mol. The van der Waals surface area contributed by atoms with Crippen LogP contribution in [0, 0.1) is 23.0 Å². The second kappa shape index (κ2) is 11.0. The van der Waals surface area contributed by atoms with Gasteiger partial charge in [-0.25, -0.2) is 8.78 Å². The highest BCUT2D eigenvalue weighted by atomic mass is 19.1. The third kappa shape index (κ3) is 5.79. The summed E-state index contributed by atoms with van der Waals surface area (Å²) in [6.07, 6.45) is 1.08. The average Bonchev–Trinajstić information content (AvgIpc) is 2.88. The summed E-state index contributed by atoms with van der Waals surface area (Å²) in [5, 5.41) is 30.0. The molecule has 9 heteroatoms. The van der Waals surface area contributed by atoms with Crippen molar-refractivity contribution in [3.8, 4) is 11.8 Å². The Morgan fingerprint density at radius 1 is 1.11 bits per heavy atom. The van der Waals surface area contributed by atoms with Crippen LogP contribution in [-0.4, -0.2) is 59.5 Å². The van der Waals surface area contributed by atoms with E-state index in [2.05, 4.69) is 20.9 Å². The molecule has 0 saturated carbocycles. The molecule has 2 N–H and O–H groups in total. The molecule has 188 valence electrons. The third-order valence-electron chi connectivity index (χ3n) is 6.29. The molecule has 0 amide bonds. The van der Waals surface area contributed by atoms with Crippen molar-refractivity contribution in [3.63, 3.8) is 0 Å². The smallest absolute Gasteiger partial charge is 0.141 e. The number of β-amino-alcohol motifs (C(OH)–C–C–N with tert-alkyl or cyclic N) is 1. The lowest BCUT2D eigenvalue weighted by Crippen LogP contribution is -2.52. The fraction of sp³-hybridized carbons (Fsp3) is 0.333. The Balaban J connectivity index is 1.62. The van der Waals surface area contributed by atoms with Crippen LogP contribution >= 0.6 is 0 Å². The zero-order valence-electron chi connectivity index (χ0n) is 19.9. The molecular formula is C27H28F2N4O3. The van der Waals surface area contributed by atoms with E-state index >= 15 is 0 Å². The Labute approximate surface area is 208 Å². The number of aliphatic hydroxyl groups excluding tert-OH is 1. The van der Waals surface area contributed by atoms with Crippen molar-refractivity contribution in [2.24, 2.45) is 0 Å². The second-order valence-corrected chi connectivity index (χ2v) is 8.99. The molecule has 1 aromatic heterocycles. The third-order valence-corrected chi connectivity index (χ3v) is 6.29. The highest BCUT2D eigenvalue weighted by molar-refractivity contribution is 5.63. The monoisotopic (exact) mass is 494 g/mol. The fourth-order valence-corrected chi connectivity index (χ4v) is 4.56. The Bertz CT molecular complexity index is 1210. The van der Waals surface area contributed by atoms with Gasteiger partial charge in [-0.05, 0) is 55.0 Å². The minimum Gasteiger partial charge on any atom is -0.491 e. The molecule has 0 bridgehead atoms. The van der Waals surface area contributed by atoms with Gasteiger partial charge in [-0.1, -0.05) is 12.1 Å². The number of ether oxygens (including phenoxy) is 1. The lowest BCUT2D eigenvalue weighted by molar-refractivity contribution is 0.00669. The van der Waals surface area contributed by atoms with Crippen LogP contribution in [0.3, 0.4) is 0 Å². The maximum Gasteiger partial charge on any atom is 0.141 e. The summed E-state index contributed by atoms with van der Waals surface area (Å²) >= 11 is 0. The number of nitriles is 1. The number of rotatable bonds is 8. The SMILES string of the molecule is C[C@@](O)(CN1CCN(c2ccc(OCCO)cc2C#N)[C@H](c2ccc(F)cc2)C1)c1ccc(F)cn1. The molecular weight excluding hydrogens is 466 g/mol. The minimum absolute atomic E-state index is 0.129. The van der Waals surface area contributed by atoms with E-state index in [4.69, 9.17) is 9.84 Å². The maximum absolute atomic E-state index is 13.7. The Kier molecular flexibility index (Phi) is 7.79. The Hall–Kier alpha value is -3.58. The van der Waals surface area contributed by atoms with Gasteiger partial charge >= 0.3 is 0 Å². The zero-order chi connectivity index (χ0) is 25.7. The molecule has 2 aromatic carbocycles. The van der Waals surface area contributed by atoms with Crippen LogP contribution in [0.15, 0.2) is 60.8 Å². The van der Waals surface area contributed by atoms with E-state index in [0.717, 1.165) is 17.4 Å². The van der Waals surface area contributed by atoms with E-state index in [9.17, 15) is 19.1 Å². The Morgan fingerprint density at radius 2 is 1.86 bits per heavy atom. The molecule has 3 aromatic rings. The van der Waals surface area contributed by atoms with Crippen molar-refractivity contribution in [2.75, 3.05) is 44.3 Å². The van der Waals surface area contributed by atoms with Gasteiger partial charge in [-0.2, -0.15) is 5.26 Å². The lowest BCUT2D eigenvalue weighted by Gasteiger charge is -2.45. The van der Waals surface area contributed by atoms with Crippen LogP contribution in [0.5, 0.6) is 5.75 Å². The van der Waals surface area contributed by atoms with E-state index in [1.165, 1.54) is 24.3 Å². The molecule has 1 fully saturated rings. The van der Waals surface area contributed by atoms with Crippen molar-refractivity contribution in [3.05, 3.63) is 89.2 Å². The Morgan fingerprint density at radius 3 is 2.53 bits per heavy atom. The number of hydrogen-bond donors (Lipinski definition) is 2. The molecule has 0 spiro atoms. The van der Waals surface area contributed by atoms with Crippen molar-refractivity contribution < 1.29 is 23.7 Å². The van der Waals surface area contributed by atoms with Crippen LogP contribution in [0.25, 0.3) is 0 Å². The molecule has 0 unspecified atom stereocenters. The molecule has 1 saturated heterocycles. The molecule has 2 atom stereocenters. The van der Waals surface area contributed by atoms with Gasteiger partial charge in [0.15, 0.2) is 0 Å². The fourth-order valence-electron chi connectivity index (χ4n) is 4.56. The van der Waals surface area contributed by atoms with Crippen molar-refractivity contribution in [1.82, 2.24) is 9.88 Å². The van der Waals surface area contributed by atoms with E-state index in [1.807, 2.05) is 6.07 Å². The van der Waals surface area contributed by atoms with Gasteiger partial charge in [0.1, 0.15) is 35.7 Å². The summed E-state index contributed by atoms with van der Waals surface area (Å²) in [5.74, 6) is -0.323. The second-order valence-electron chi connectivity index (χ2n) is 8.99. The van der Waals surface area contributed by atoms with Crippen molar-refractivity contribution in [2.45, 2.75) is 18.6 Å². The van der Waals surface area contributed by atoms with E-state index in [1.54, 1.807) is 31.2 Å². The first-order valence-electron chi connectivity index (χ1n) is 11.7. The first kappa shape index (κ1) is 25.5. The molecule has 36 heavy (non-hydrogen) atoms. The zero-order valence-corrected chi connectivity index (χ0v) is 19.9. The van der Waals surface area contributed by atoms with Crippen LogP contribution in [-0.2, 0) is 5.60 Å². The van der Waals surface area contributed by atoms with Gasteiger partial charge in [-0.3, -0.25) is 9.88 Å². The van der Waals surface area contributed by atoms with E-state index in [-0.39, 0.29) is 31.6 Å². The molecule has 0 radical (unpaired) electrons. The summed E-state index contributed by atoms with van der Waals surface area (Å²) in [4.78, 5) is 8.23. The molecule has 2 heterocycles.